The van der Waals surface area contributed by atoms with Gasteiger partial charge in [-0.1, -0.05) is 42.5 Å². The lowest BCUT2D eigenvalue weighted by atomic mass is 10.0. The Morgan fingerprint density at radius 1 is 0.962 bits per heavy atom. The van der Waals surface area contributed by atoms with Crippen molar-refractivity contribution >= 4 is 11.6 Å². The number of nitrogens with zero attached hydrogens (tertiary/aromatic N) is 2. The Morgan fingerprint density at radius 3 is 2.19 bits per heavy atom. The standard InChI is InChI=1S/C22H27N3O/c1-18(26)23-22(11-12-22)20-9-7-19(8-10-20)17-24-13-15-25(16-14-24)21-5-3-2-4-6-21/h2-10H,11-17H2,1H3,(H,23,26). The number of hydrogen-bond donors (Lipinski definition) is 1. The average molecular weight is 349 g/mol. The highest BCUT2D eigenvalue weighted by Gasteiger charge is 2.44. The van der Waals surface area contributed by atoms with Gasteiger partial charge >= 0.3 is 0 Å². The first-order chi connectivity index (χ1) is 12.6. The van der Waals surface area contributed by atoms with Crippen LogP contribution in [-0.2, 0) is 16.9 Å². The highest BCUT2D eigenvalue weighted by atomic mass is 16.1. The molecule has 1 aliphatic heterocycles. The van der Waals surface area contributed by atoms with Crippen molar-refractivity contribution in [2.45, 2.75) is 31.8 Å². The third-order valence-electron chi connectivity index (χ3n) is 5.57. The van der Waals surface area contributed by atoms with E-state index < -0.39 is 0 Å². The summed E-state index contributed by atoms with van der Waals surface area (Å²) in [6, 6.07) is 19.5. The molecule has 26 heavy (non-hydrogen) atoms. The molecule has 2 aromatic carbocycles. The van der Waals surface area contributed by atoms with Crippen molar-refractivity contribution in [3.63, 3.8) is 0 Å². The molecule has 0 unspecified atom stereocenters. The molecule has 0 aromatic heterocycles. The molecular weight excluding hydrogens is 322 g/mol. The first kappa shape index (κ1) is 17.1. The predicted octanol–water partition coefficient (Wildman–Crippen LogP) is 3.13. The molecule has 1 saturated heterocycles. The van der Waals surface area contributed by atoms with Crippen LogP contribution in [-0.4, -0.2) is 37.0 Å². The molecule has 0 atom stereocenters. The van der Waals surface area contributed by atoms with E-state index in [0.29, 0.717) is 0 Å². The number of anilines is 1. The summed E-state index contributed by atoms with van der Waals surface area (Å²) in [4.78, 5) is 16.4. The predicted molar refractivity (Wildman–Crippen MR) is 105 cm³/mol. The number of piperazine rings is 1. The largest absolute Gasteiger partial charge is 0.369 e. The van der Waals surface area contributed by atoms with Gasteiger partial charge in [0.1, 0.15) is 0 Å². The molecule has 4 nitrogen and oxygen atoms in total. The molecule has 2 fully saturated rings. The lowest BCUT2D eigenvalue weighted by Crippen LogP contribution is -2.45. The molecule has 0 radical (unpaired) electrons. The van der Waals surface area contributed by atoms with Crippen molar-refractivity contribution in [3.05, 3.63) is 65.7 Å². The number of rotatable bonds is 5. The van der Waals surface area contributed by atoms with Gasteiger partial charge in [-0.15, -0.1) is 0 Å². The summed E-state index contributed by atoms with van der Waals surface area (Å²) in [5.41, 5.74) is 3.82. The summed E-state index contributed by atoms with van der Waals surface area (Å²) in [6.45, 7) is 6.93. The maximum atomic E-state index is 11.4. The van der Waals surface area contributed by atoms with Crippen LogP contribution >= 0.6 is 0 Å². The average Bonchev–Trinajstić information content (AvgIpc) is 3.43. The van der Waals surface area contributed by atoms with Crippen molar-refractivity contribution in [3.8, 4) is 0 Å². The Kier molecular flexibility index (Phi) is 4.68. The summed E-state index contributed by atoms with van der Waals surface area (Å²) in [7, 11) is 0. The fourth-order valence-electron chi connectivity index (χ4n) is 3.94. The summed E-state index contributed by atoms with van der Waals surface area (Å²) in [5, 5.41) is 3.11. The van der Waals surface area contributed by atoms with Crippen LogP contribution in [0.15, 0.2) is 54.6 Å². The van der Waals surface area contributed by atoms with Crippen LogP contribution in [0.2, 0.25) is 0 Å². The third-order valence-corrected chi connectivity index (χ3v) is 5.57. The molecular formula is C22H27N3O. The normalized spacial score (nSPS) is 19.2. The van der Waals surface area contributed by atoms with Crippen molar-refractivity contribution in [1.29, 1.82) is 0 Å². The van der Waals surface area contributed by atoms with Crippen molar-refractivity contribution in [1.82, 2.24) is 10.2 Å². The highest BCUT2D eigenvalue weighted by Crippen LogP contribution is 2.45. The van der Waals surface area contributed by atoms with E-state index in [1.165, 1.54) is 16.8 Å². The van der Waals surface area contributed by atoms with Crippen LogP contribution in [0, 0.1) is 0 Å². The molecule has 1 N–H and O–H groups in total. The van der Waals surface area contributed by atoms with Crippen LogP contribution < -0.4 is 10.2 Å². The Hall–Kier alpha value is -2.33. The molecule has 136 valence electrons. The first-order valence-corrected chi connectivity index (χ1v) is 9.55. The smallest absolute Gasteiger partial charge is 0.217 e. The molecule has 2 aliphatic rings. The van der Waals surface area contributed by atoms with Crippen molar-refractivity contribution < 1.29 is 4.79 Å². The van der Waals surface area contributed by atoms with Gasteiger partial charge < -0.3 is 10.2 Å². The van der Waals surface area contributed by atoms with Gasteiger partial charge in [0.2, 0.25) is 5.91 Å². The number of benzene rings is 2. The van der Waals surface area contributed by atoms with Gasteiger partial charge in [0.15, 0.2) is 0 Å². The van der Waals surface area contributed by atoms with E-state index in [1.54, 1.807) is 6.92 Å². The zero-order chi connectivity index (χ0) is 18.0. The van der Waals surface area contributed by atoms with E-state index in [-0.39, 0.29) is 11.4 Å². The molecule has 1 amide bonds. The van der Waals surface area contributed by atoms with Crippen LogP contribution in [0.5, 0.6) is 0 Å². The summed E-state index contributed by atoms with van der Waals surface area (Å²) in [5.74, 6) is 0.0582. The number of hydrogen-bond acceptors (Lipinski definition) is 3. The lowest BCUT2D eigenvalue weighted by molar-refractivity contribution is -0.120. The SMILES string of the molecule is CC(=O)NC1(c2ccc(CN3CCN(c4ccccc4)CC3)cc2)CC1. The lowest BCUT2D eigenvalue weighted by Gasteiger charge is -2.36. The molecule has 1 heterocycles. The Labute approximate surface area is 155 Å². The minimum absolute atomic E-state index is 0.0582. The van der Waals surface area contributed by atoms with E-state index in [9.17, 15) is 4.79 Å². The van der Waals surface area contributed by atoms with E-state index in [0.717, 1.165) is 45.6 Å². The zero-order valence-corrected chi connectivity index (χ0v) is 15.4. The van der Waals surface area contributed by atoms with Crippen LogP contribution in [0.3, 0.4) is 0 Å². The van der Waals surface area contributed by atoms with Crippen LogP contribution in [0.4, 0.5) is 5.69 Å². The van der Waals surface area contributed by atoms with Gasteiger partial charge in [0.25, 0.3) is 0 Å². The number of carbonyl (C=O) groups excluding carboxylic acids is 1. The molecule has 1 saturated carbocycles. The summed E-state index contributed by atoms with van der Waals surface area (Å²) in [6.07, 6.45) is 2.10. The maximum Gasteiger partial charge on any atom is 0.217 e. The number of amides is 1. The number of carbonyl (C=O) groups is 1. The minimum atomic E-state index is -0.0916. The number of para-hydroxylation sites is 1. The number of nitrogens with one attached hydrogen (secondary N) is 1. The van der Waals surface area contributed by atoms with Gasteiger partial charge in [-0.05, 0) is 36.1 Å². The van der Waals surface area contributed by atoms with Gasteiger partial charge in [-0.2, -0.15) is 0 Å². The van der Waals surface area contributed by atoms with Gasteiger partial charge in [-0.25, -0.2) is 0 Å². The Bertz CT molecular complexity index is 745. The van der Waals surface area contributed by atoms with E-state index in [4.69, 9.17) is 0 Å². The summed E-state index contributed by atoms with van der Waals surface area (Å²) >= 11 is 0. The Morgan fingerprint density at radius 2 is 1.62 bits per heavy atom. The molecule has 0 spiro atoms. The van der Waals surface area contributed by atoms with Crippen molar-refractivity contribution in [2.24, 2.45) is 0 Å². The molecule has 4 heteroatoms. The molecule has 0 bridgehead atoms. The van der Waals surface area contributed by atoms with E-state index in [1.807, 2.05) is 0 Å². The summed E-state index contributed by atoms with van der Waals surface area (Å²) < 4.78 is 0. The fraction of sp³-hybridized carbons (Fsp3) is 0.409. The van der Waals surface area contributed by atoms with E-state index in [2.05, 4.69) is 69.7 Å². The molecule has 1 aliphatic carbocycles. The molecule has 2 aromatic rings. The Balaban J connectivity index is 1.32. The zero-order valence-electron chi connectivity index (χ0n) is 15.4. The second-order valence-electron chi connectivity index (χ2n) is 7.56. The quantitative estimate of drug-likeness (QED) is 0.901. The topological polar surface area (TPSA) is 35.6 Å². The van der Waals surface area contributed by atoms with Gasteiger partial charge in [0, 0.05) is 45.3 Å². The van der Waals surface area contributed by atoms with Crippen molar-refractivity contribution in [2.75, 3.05) is 31.1 Å². The second kappa shape index (κ2) is 7.12. The minimum Gasteiger partial charge on any atom is -0.369 e. The molecule has 4 rings (SSSR count). The van der Waals surface area contributed by atoms with Crippen LogP contribution in [0.1, 0.15) is 30.9 Å². The maximum absolute atomic E-state index is 11.4. The second-order valence-corrected chi connectivity index (χ2v) is 7.56. The third kappa shape index (κ3) is 3.75. The van der Waals surface area contributed by atoms with Gasteiger partial charge in [-0.3, -0.25) is 9.69 Å². The van der Waals surface area contributed by atoms with Crippen LogP contribution in [0.25, 0.3) is 0 Å². The van der Waals surface area contributed by atoms with E-state index >= 15 is 0 Å². The highest BCUT2D eigenvalue weighted by molar-refractivity contribution is 5.74. The van der Waals surface area contributed by atoms with Gasteiger partial charge in [0.05, 0.1) is 5.54 Å². The fourth-order valence-corrected chi connectivity index (χ4v) is 3.94. The first-order valence-electron chi connectivity index (χ1n) is 9.55. The monoisotopic (exact) mass is 349 g/mol.